The molecular weight excluding hydrogens is 292 g/mol. The predicted octanol–water partition coefficient (Wildman–Crippen LogP) is 3.54. The molecule has 1 N–H and O–H groups in total. The van der Waals surface area contributed by atoms with Crippen molar-refractivity contribution in [1.82, 2.24) is 10.2 Å². The first-order valence-electron chi connectivity index (χ1n) is 5.99. The molecule has 1 aromatic heterocycles. The minimum absolute atomic E-state index is 0.00882. The lowest BCUT2D eigenvalue weighted by Gasteiger charge is -2.07. The molecule has 104 valence electrons. The number of aromatic nitrogens is 2. The van der Waals surface area contributed by atoms with Crippen LogP contribution in [0, 0.1) is 17.2 Å². The Morgan fingerprint density at radius 1 is 1.45 bits per heavy atom. The molecule has 0 unspecified atom stereocenters. The zero-order valence-electron chi connectivity index (χ0n) is 11.2. The van der Waals surface area contributed by atoms with Crippen LogP contribution in [0.4, 0.5) is 10.8 Å². The largest absolute Gasteiger partial charge is 0.495 e. The van der Waals surface area contributed by atoms with Gasteiger partial charge in [0.2, 0.25) is 5.13 Å². The van der Waals surface area contributed by atoms with Gasteiger partial charge in [0.15, 0.2) is 4.34 Å². The molecule has 7 heteroatoms. The Morgan fingerprint density at radius 2 is 2.25 bits per heavy atom. The Kier molecular flexibility index (Phi) is 5.21. The fraction of sp³-hybridized carbons (Fsp3) is 0.308. The number of nitriles is 1. The van der Waals surface area contributed by atoms with E-state index < -0.39 is 0 Å². The molecule has 20 heavy (non-hydrogen) atoms. The molecule has 0 amide bonds. The zero-order valence-corrected chi connectivity index (χ0v) is 12.8. The Bertz CT molecular complexity index is 608. The molecule has 0 aliphatic carbocycles. The number of ether oxygens (including phenoxy) is 1. The standard InChI is InChI=1S/C13H14N4OS2/c1-9(7-14)8-19-13-17-16-12(20-13)15-10-5-3-4-6-11(10)18-2/h3-6,9H,8H2,1-2H3,(H,15,16)/t9-/m0/s1. The maximum atomic E-state index is 8.75. The van der Waals surface area contributed by atoms with Gasteiger partial charge in [-0.05, 0) is 19.1 Å². The molecule has 0 radical (unpaired) electrons. The van der Waals surface area contributed by atoms with Gasteiger partial charge in [0.1, 0.15) is 5.75 Å². The van der Waals surface area contributed by atoms with Crippen molar-refractivity contribution in [3.63, 3.8) is 0 Å². The van der Waals surface area contributed by atoms with E-state index >= 15 is 0 Å². The summed E-state index contributed by atoms with van der Waals surface area (Å²) in [4.78, 5) is 0. The van der Waals surface area contributed by atoms with Crippen LogP contribution in [0.2, 0.25) is 0 Å². The van der Waals surface area contributed by atoms with E-state index in [1.165, 1.54) is 11.3 Å². The van der Waals surface area contributed by atoms with Gasteiger partial charge in [-0.25, -0.2) is 0 Å². The molecule has 0 aliphatic rings. The Morgan fingerprint density at radius 3 is 3.00 bits per heavy atom. The van der Waals surface area contributed by atoms with Crippen LogP contribution in [0.15, 0.2) is 28.6 Å². The van der Waals surface area contributed by atoms with Crippen molar-refractivity contribution >= 4 is 33.9 Å². The van der Waals surface area contributed by atoms with Crippen molar-refractivity contribution in [2.45, 2.75) is 11.3 Å². The van der Waals surface area contributed by atoms with Crippen LogP contribution in [0.1, 0.15) is 6.92 Å². The molecular formula is C13H14N4OS2. The van der Waals surface area contributed by atoms with Crippen LogP contribution in [-0.2, 0) is 0 Å². The highest BCUT2D eigenvalue weighted by Gasteiger charge is 2.09. The Hall–Kier alpha value is -1.78. The molecule has 1 aromatic carbocycles. The highest BCUT2D eigenvalue weighted by Crippen LogP contribution is 2.31. The van der Waals surface area contributed by atoms with Crippen LogP contribution in [0.5, 0.6) is 5.75 Å². The monoisotopic (exact) mass is 306 g/mol. The predicted molar refractivity (Wildman–Crippen MR) is 81.7 cm³/mol. The van der Waals surface area contributed by atoms with Gasteiger partial charge in [-0.3, -0.25) is 0 Å². The topological polar surface area (TPSA) is 70.8 Å². The van der Waals surface area contributed by atoms with Gasteiger partial charge in [0.25, 0.3) is 0 Å². The summed E-state index contributed by atoms with van der Waals surface area (Å²) in [7, 11) is 1.63. The van der Waals surface area contributed by atoms with Crippen molar-refractivity contribution in [2.75, 3.05) is 18.2 Å². The van der Waals surface area contributed by atoms with Crippen molar-refractivity contribution in [2.24, 2.45) is 5.92 Å². The Balaban J connectivity index is 2.01. The first-order valence-corrected chi connectivity index (χ1v) is 7.79. The van der Waals surface area contributed by atoms with Gasteiger partial charge >= 0.3 is 0 Å². The molecule has 5 nitrogen and oxygen atoms in total. The smallest absolute Gasteiger partial charge is 0.210 e. The van der Waals surface area contributed by atoms with E-state index in [4.69, 9.17) is 10.00 Å². The van der Waals surface area contributed by atoms with E-state index in [1.807, 2.05) is 31.2 Å². The summed E-state index contributed by atoms with van der Waals surface area (Å²) < 4.78 is 6.12. The van der Waals surface area contributed by atoms with E-state index in [0.717, 1.165) is 21.5 Å². The molecule has 0 spiro atoms. The quantitative estimate of drug-likeness (QED) is 0.823. The highest BCUT2D eigenvalue weighted by molar-refractivity contribution is 8.01. The normalized spacial score (nSPS) is 11.7. The molecule has 0 aliphatic heterocycles. The third kappa shape index (κ3) is 3.85. The summed E-state index contributed by atoms with van der Waals surface area (Å²) in [6, 6.07) is 9.84. The fourth-order valence-corrected chi connectivity index (χ4v) is 3.15. The molecule has 0 bridgehead atoms. The average Bonchev–Trinajstić information content (AvgIpc) is 2.93. The second-order valence-corrected chi connectivity index (χ2v) is 6.28. The lowest BCUT2D eigenvalue weighted by molar-refractivity contribution is 0.417. The van der Waals surface area contributed by atoms with Gasteiger partial charge in [-0.1, -0.05) is 35.2 Å². The lowest BCUT2D eigenvalue weighted by Crippen LogP contribution is -1.93. The second kappa shape index (κ2) is 7.12. The summed E-state index contributed by atoms with van der Waals surface area (Å²) in [6.07, 6.45) is 0. The first kappa shape index (κ1) is 14.6. The molecule has 0 saturated heterocycles. The van der Waals surface area contributed by atoms with Crippen molar-refractivity contribution in [3.8, 4) is 11.8 Å². The number of thioether (sulfide) groups is 1. The number of rotatable bonds is 6. The highest BCUT2D eigenvalue weighted by atomic mass is 32.2. The zero-order chi connectivity index (χ0) is 14.4. The van der Waals surface area contributed by atoms with Crippen LogP contribution in [0.3, 0.4) is 0 Å². The minimum atomic E-state index is 0.00882. The number of anilines is 2. The average molecular weight is 306 g/mol. The van der Waals surface area contributed by atoms with Gasteiger partial charge in [0.05, 0.1) is 24.8 Å². The maximum Gasteiger partial charge on any atom is 0.210 e. The minimum Gasteiger partial charge on any atom is -0.495 e. The number of hydrogen-bond donors (Lipinski definition) is 1. The summed E-state index contributed by atoms with van der Waals surface area (Å²) in [6.45, 7) is 1.89. The molecule has 0 fully saturated rings. The summed E-state index contributed by atoms with van der Waals surface area (Å²) >= 11 is 3.01. The molecule has 1 heterocycles. The fourth-order valence-electron chi connectivity index (χ4n) is 1.42. The van der Waals surface area contributed by atoms with Gasteiger partial charge in [-0.15, -0.1) is 10.2 Å². The SMILES string of the molecule is COc1ccccc1Nc1nnc(SC[C@@H](C)C#N)s1. The van der Waals surface area contributed by atoms with E-state index in [9.17, 15) is 0 Å². The molecule has 0 saturated carbocycles. The van der Waals surface area contributed by atoms with Gasteiger partial charge in [0, 0.05) is 5.75 Å². The molecule has 1 atom stereocenters. The Labute approximate surface area is 126 Å². The van der Waals surface area contributed by atoms with Crippen molar-refractivity contribution in [1.29, 1.82) is 5.26 Å². The summed E-state index contributed by atoms with van der Waals surface area (Å²) in [5.41, 5.74) is 0.855. The third-order valence-electron chi connectivity index (χ3n) is 2.43. The van der Waals surface area contributed by atoms with Crippen LogP contribution in [0.25, 0.3) is 0 Å². The van der Waals surface area contributed by atoms with Crippen molar-refractivity contribution < 1.29 is 4.74 Å². The van der Waals surface area contributed by atoms with Crippen LogP contribution >= 0.6 is 23.1 Å². The summed E-state index contributed by atoms with van der Waals surface area (Å²) in [5.74, 6) is 1.49. The van der Waals surface area contributed by atoms with Gasteiger partial charge < -0.3 is 10.1 Å². The number of para-hydroxylation sites is 2. The first-order chi connectivity index (χ1) is 9.72. The van der Waals surface area contributed by atoms with E-state index in [-0.39, 0.29) is 5.92 Å². The lowest BCUT2D eigenvalue weighted by atomic mass is 10.3. The number of methoxy groups -OCH3 is 1. The third-order valence-corrected chi connectivity index (χ3v) is 4.66. The maximum absolute atomic E-state index is 8.75. The second-order valence-electron chi connectivity index (χ2n) is 4.04. The molecule has 2 aromatic rings. The van der Waals surface area contributed by atoms with Crippen LogP contribution < -0.4 is 10.1 Å². The number of nitrogens with one attached hydrogen (secondary N) is 1. The van der Waals surface area contributed by atoms with Crippen LogP contribution in [-0.4, -0.2) is 23.1 Å². The van der Waals surface area contributed by atoms with E-state index in [2.05, 4.69) is 21.6 Å². The molecule has 2 rings (SSSR count). The van der Waals surface area contributed by atoms with E-state index in [0.29, 0.717) is 5.13 Å². The number of hydrogen-bond acceptors (Lipinski definition) is 7. The van der Waals surface area contributed by atoms with Crippen molar-refractivity contribution in [3.05, 3.63) is 24.3 Å². The van der Waals surface area contributed by atoms with E-state index in [1.54, 1.807) is 18.9 Å². The number of benzene rings is 1. The summed E-state index contributed by atoms with van der Waals surface area (Å²) in [5, 5.41) is 20.8. The number of nitrogens with zero attached hydrogens (tertiary/aromatic N) is 3. The van der Waals surface area contributed by atoms with Gasteiger partial charge in [-0.2, -0.15) is 5.26 Å².